The molecule has 0 aliphatic carbocycles. The van der Waals surface area contributed by atoms with Crippen LogP contribution >= 0.6 is 11.6 Å². The second-order valence-corrected chi connectivity index (χ2v) is 6.56. The molecule has 2 rings (SSSR count). The van der Waals surface area contributed by atoms with Gasteiger partial charge in [-0.25, -0.2) is 12.8 Å². The number of halogens is 2. The van der Waals surface area contributed by atoms with Gasteiger partial charge in [-0.3, -0.25) is 4.72 Å². The van der Waals surface area contributed by atoms with E-state index in [-0.39, 0.29) is 4.90 Å². The summed E-state index contributed by atoms with van der Waals surface area (Å²) in [6.07, 6.45) is 1.57. The second kappa shape index (κ2) is 6.91. The highest BCUT2D eigenvalue weighted by molar-refractivity contribution is 7.92. The Hall–Kier alpha value is -1.59. The first kappa shape index (κ1) is 15.8. The van der Waals surface area contributed by atoms with Crippen molar-refractivity contribution in [3.8, 4) is 0 Å². The van der Waals surface area contributed by atoms with Crippen LogP contribution in [0.1, 0.15) is 12.0 Å². The third kappa shape index (κ3) is 4.19. The molecule has 21 heavy (non-hydrogen) atoms. The molecule has 0 amide bonds. The summed E-state index contributed by atoms with van der Waals surface area (Å²) in [5, 5.41) is 0. The molecular weight excluding hydrogens is 313 g/mol. The van der Waals surface area contributed by atoms with E-state index in [0.717, 1.165) is 24.5 Å². The molecule has 1 N–H and O–H groups in total. The monoisotopic (exact) mass is 327 g/mol. The van der Waals surface area contributed by atoms with Crippen LogP contribution in [0.4, 0.5) is 10.1 Å². The Labute approximate surface area is 128 Å². The predicted octanol–water partition coefficient (Wildman–Crippen LogP) is 3.80. The third-order valence-corrected chi connectivity index (χ3v) is 4.59. The highest BCUT2D eigenvalue weighted by Gasteiger charge is 2.18. The maximum absolute atomic E-state index is 13.6. The van der Waals surface area contributed by atoms with Crippen molar-refractivity contribution in [2.75, 3.05) is 10.6 Å². The zero-order valence-corrected chi connectivity index (χ0v) is 12.8. The molecule has 0 unspecified atom stereocenters. The number of rotatable bonds is 6. The number of sulfonamides is 1. The molecule has 0 aliphatic heterocycles. The van der Waals surface area contributed by atoms with Gasteiger partial charge in [-0.1, -0.05) is 24.3 Å². The van der Waals surface area contributed by atoms with Gasteiger partial charge < -0.3 is 0 Å². The van der Waals surface area contributed by atoms with E-state index in [0.29, 0.717) is 11.6 Å². The molecule has 0 spiro atoms. The van der Waals surface area contributed by atoms with E-state index in [1.807, 2.05) is 6.07 Å². The molecule has 3 nitrogen and oxygen atoms in total. The van der Waals surface area contributed by atoms with Crippen molar-refractivity contribution in [1.29, 1.82) is 0 Å². The summed E-state index contributed by atoms with van der Waals surface area (Å²) in [5.41, 5.74) is 1.38. The highest BCUT2D eigenvalue weighted by Crippen LogP contribution is 2.20. The molecule has 0 saturated heterocycles. The molecule has 112 valence electrons. The van der Waals surface area contributed by atoms with Crippen molar-refractivity contribution < 1.29 is 12.8 Å². The van der Waals surface area contributed by atoms with Crippen molar-refractivity contribution in [1.82, 2.24) is 0 Å². The number of aryl methyl sites for hydroxylation is 1. The van der Waals surface area contributed by atoms with Crippen LogP contribution in [0.25, 0.3) is 0 Å². The van der Waals surface area contributed by atoms with Gasteiger partial charge in [0.2, 0.25) is 0 Å². The molecule has 2 aromatic carbocycles. The zero-order valence-electron chi connectivity index (χ0n) is 11.2. The van der Waals surface area contributed by atoms with Gasteiger partial charge >= 0.3 is 0 Å². The molecule has 0 radical (unpaired) electrons. The largest absolute Gasteiger partial charge is 0.280 e. The lowest BCUT2D eigenvalue weighted by molar-refractivity contribution is 0.570. The van der Waals surface area contributed by atoms with Crippen molar-refractivity contribution in [2.45, 2.75) is 17.7 Å². The van der Waals surface area contributed by atoms with Crippen molar-refractivity contribution in [2.24, 2.45) is 0 Å². The van der Waals surface area contributed by atoms with Gasteiger partial charge in [0.15, 0.2) is 0 Å². The van der Waals surface area contributed by atoms with E-state index in [2.05, 4.69) is 4.72 Å². The Kier molecular flexibility index (Phi) is 5.20. The molecule has 0 heterocycles. The lowest BCUT2D eigenvalue weighted by atomic mass is 10.1. The Balaban J connectivity index is 2.23. The topological polar surface area (TPSA) is 46.2 Å². The van der Waals surface area contributed by atoms with Crippen LogP contribution in [0, 0.1) is 5.82 Å². The van der Waals surface area contributed by atoms with Crippen LogP contribution in [-0.2, 0) is 16.4 Å². The van der Waals surface area contributed by atoms with Crippen LogP contribution in [0.15, 0.2) is 53.4 Å². The first-order valence-corrected chi connectivity index (χ1v) is 8.47. The van der Waals surface area contributed by atoms with Gasteiger partial charge in [-0.2, -0.15) is 0 Å². The number of alkyl halides is 1. The molecule has 0 fully saturated rings. The summed E-state index contributed by atoms with van der Waals surface area (Å²) in [7, 11) is -3.93. The van der Waals surface area contributed by atoms with Crippen molar-refractivity contribution >= 4 is 27.3 Å². The van der Waals surface area contributed by atoms with E-state index in [1.165, 1.54) is 18.2 Å². The fraction of sp³-hybridized carbons (Fsp3) is 0.200. The lowest BCUT2D eigenvalue weighted by Gasteiger charge is -2.10. The summed E-state index contributed by atoms with van der Waals surface area (Å²) in [6.45, 7) is 0. The van der Waals surface area contributed by atoms with Gasteiger partial charge in [-0.15, -0.1) is 11.6 Å². The molecular formula is C15H15ClFNO2S. The van der Waals surface area contributed by atoms with Gasteiger partial charge in [0.25, 0.3) is 10.0 Å². The van der Waals surface area contributed by atoms with Crippen LogP contribution in [0.5, 0.6) is 0 Å². The summed E-state index contributed by atoms with van der Waals surface area (Å²) in [6, 6.07) is 12.3. The van der Waals surface area contributed by atoms with E-state index in [4.69, 9.17) is 11.6 Å². The number of hydrogen-bond donors (Lipinski definition) is 1. The minimum Gasteiger partial charge on any atom is -0.280 e. The Bertz CT molecular complexity index is 719. The Morgan fingerprint density at radius 3 is 2.57 bits per heavy atom. The number of nitrogens with one attached hydrogen (secondary N) is 1. The van der Waals surface area contributed by atoms with E-state index in [1.54, 1.807) is 18.2 Å². The van der Waals surface area contributed by atoms with E-state index >= 15 is 0 Å². The number of anilines is 1. The number of benzene rings is 2. The second-order valence-electron chi connectivity index (χ2n) is 4.53. The predicted molar refractivity (Wildman–Crippen MR) is 82.7 cm³/mol. The van der Waals surface area contributed by atoms with Gasteiger partial charge in [-0.05, 0) is 42.7 Å². The fourth-order valence-corrected chi connectivity index (χ4v) is 3.20. The van der Waals surface area contributed by atoms with Crippen LogP contribution in [-0.4, -0.2) is 14.3 Å². The number of hydrogen-bond acceptors (Lipinski definition) is 2. The molecule has 0 bridgehead atoms. The van der Waals surface area contributed by atoms with E-state index in [9.17, 15) is 12.8 Å². The summed E-state index contributed by atoms with van der Waals surface area (Å²) in [4.78, 5) is -0.365. The van der Waals surface area contributed by atoms with Crippen LogP contribution in [0.2, 0.25) is 0 Å². The van der Waals surface area contributed by atoms with Crippen LogP contribution in [0.3, 0.4) is 0 Å². The average Bonchev–Trinajstić information content (AvgIpc) is 2.45. The third-order valence-electron chi connectivity index (χ3n) is 2.90. The zero-order chi connectivity index (χ0) is 15.3. The van der Waals surface area contributed by atoms with Crippen molar-refractivity contribution in [3.63, 3.8) is 0 Å². The summed E-state index contributed by atoms with van der Waals surface area (Å²) >= 11 is 5.64. The molecule has 6 heteroatoms. The molecule has 0 aromatic heterocycles. The fourth-order valence-electron chi connectivity index (χ4n) is 1.93. The molecule has 0 saturated carbocycles. The SMILES string of the molecule is O=S(=O)(Nc1cccc(CCCCl)c1)c1ccccc1F. The van der Waals surface area contributed by atoms with Crippen LogP contribution < -0.4 is 4.72 Å². The first-order valence-electron chi connectivity index (χ1n) is 6.45. The Morgan fingerprint density at radius 1 is 1.10 bits per heavy atom. The highest BCUT2D eigenvalue weighted by atomic mass is 35.5. The van der Waals surface area contributed by atoms with Crippen molar-refractivity contribution in [3.05, 3.63) is 59.9 Å². The quantitative estimate of drug-likeness (QED) is 0.820. The maximum Gasteiger partial charge on any atom is 0.264 e. The lowest BCUT2D eigenvalue weighted by Crippen LogP contribution is -2.14. The van der Waals surface area contributed by atoms with Gasteiger partial charge in [0.05, 0.1) is 0 Å². The molecule has 0 aliphatic rings. The minimum atomic E-state index is -3.93. The molecule has 2 aromatic rings. The van der Waals surface area contributed by atoms with Gasteiger partial charge in [0, 0.05) is 11.6 Å². The standard InChI is InChI=1S/C15H15ClFNO2S/c16-10-4-6-12-5-3-7-13(11-12)18-21(19,20)15-9-2-1-8-14(15)17/h1-3,5,7-9,11,18H,4,6,10H2. The Morgan fingerprint density at radius 2 is 1.86 bits per heavy atom. The smallest absolute Gasteiger partial charge is 0.264 e. The van der Waals surface area contributed by atoms with E-state index < -0.39 is 15.8 Å². The summed E-state index contributed by atoms with van der Waals surface area (Å²) < 4.78 is 40.3. The first-order chi connectivity index (χ1) is 10.0. The molecule has 0 atom stereocenters. The van der Waals surface area contributed by atoms with Gasteiger partial charge in [0.1, 0.15) is 10.7 Å². The minimum absolute atomic E-state index is 0.365. The maximum atomic E-state index is 13.6. The normalized spacial score (nSPS) is 11.3. The average molecular weight is 328 g/mol. The summed E-state index contributed by atoms with van der Waals surface area (Å²) in [5.74, 6) is -0.228.